The Morgan fingerprint density at radius 1 is 1.09 bits per heavy atom. The van der Waals surface area contributed by atoms with Crippen LogP contribution in [0.3, 0.4) is 0 Å². The number of benzene rings is 2. The Bertz CT molecular complexity index is 1090. The van der Waals surface area contributed by atoms with Crippen molar-refractivity contribution in [1.82, 2.24) is 4.90 Å². The molecule has 0 spiro atoms. The smallest absolute Gasteiger partial charge is 0.264 e. The van der Waals surface area contributed by atoms with Crippen molar-refractivity contribution in [3.8, 4) is 0 Å². The highest BCUT2D eigenvalue weighted by Crippen LogP contribution is 2.27. The van der Waals surface area contributed by atoms with Gasteiger partial charge < -0.3 is 19.9 Å². The van der Waals surface area contributed by atoms with Gasteiger partial charge in [-0.2, -0.15) is 0 Å². The lowest BCUT2D eigenvalue weighted by Crippen LogP contribution is -2.37. The first-order chi connectivity index (χ1) is 16.5. The van der Waals surface area contributed by atoms with Gasteiger partial charge in [0.1, 0.15) is 0 Å². The maximum Gasteiger partial charge on any atom is 0.264 e. The van der Waals surface area contributed by atoms with Crippen molar-refractivity contribution in [3.05, 3.63) is 82.0 Å². The van der Waals surface area contributed by atoms with E-state index in [-0.39, 0.29) is 17.9 Å². The van der Waals surface area contributed by atoms with Crippen LogP contribution < -0.4 is 10.2 Å². The number of carbonyl (C=O) groups is 2. The van der Waals surface area contributed by atoms with E-state index in [0.717, 1.165) is 46.8 Å². The fourth-order valence-electron chi connectivity index (χ4n) is 4.23. The molecule has 1 aliphatic rings. The van der Waals surface area contributed by atoms with Crippen molar-refractivity contribution >= 4 is 34.5 Å². The van der Waals surface area contributed by atoms with Crippen LogP contribution in [0.15, 0.2) is 66.0 Å². The number of anilines is 2. The number of thiophene rings is 1. The summed E-state index contributed by atoms with van der Waals surface area (Å²) in [5.74, 6) is -0.0608. The molecule has 0 aliphatic carbocycles. The lowest BCUT2D eigenvalue weighted by Gasteiger charge is -2.28. The number of carbonyl (C=O) groups excluding carboxylic acids is 2. The first kappa shape index (κ1) is 24.0. The van der Waals surface area contributed by atoms with E-state index in [0.29, 0.717) is 19.5 Å². The SMILES string of the molecule is CN(C)c1ccc(NC(=O)Cc2ccccc2)cc1CN(C[C@@H]1CCCO1)C(=O)c1cccs1. The molecule has 2 aromatic carbocycles. The van der Waals surface area contributed by atoms with Crippen LogP contribution in [-0.2, 0) is 22.5 Å². The second-order valence-corrected chi connectivity index (χ2v) is 9.69. The fourth-order valence-corrected chi connectivity index (χ4v) is 4.92. The summed E-state index contributed by atoms with van der Waals surface area (Å²) < 4.78 is 5.84. The average molecular weight is 478 g/mol. The van der Waals surface area contributed by atoms with Crippen molar-refractivity contribution in [3.63, 3.8) is 0 Å². The van der Waals surface area contributed by atoms with Crippen LogP contribution in [0, 0.1) is 0 Å². The molecular formula is C27H31N3O3S. The number of hydrogen-bond acceptors (Lipinski definition) is 5. The number of hydrogen-bond donors (Lipinski definition) is 1. The summed E-state index contributed by atoms with van der Waals surface area (Å²) in [5.41, 5.74) is 3.68. The second kappa shape index (κ2) is 11.3. The lowest BCUT2D eigenvalue weighted by molar-refractivity contribution is -0.115. The summed E-state index contributed by atoms with van der Waals surface area (Å²) in [5, 5.41) is 4.94. The van der Waals surface area contributed by atoms with Gasteiger partial charge in [0, 0.05) is 45.2 Å². The molecule has 1 aromatic heterocycles. The molecule has 1 aliphatic heterocycles. The molecule has 34 heavy (non-hydrogen) atoms. The molecular weight excluding hydrogens is 446 g/mol. The van der Waals surface area contributed by atoms with Gasteiger partial charge >= 0.3 is 0 Å². The minimum Gasteiger partial charge on any atom is -0.377 e. The molecule has 1 fully saturated rings. The van der Waals surface area contributed by atoms with E-state index in [1.165, 1.54) is 11.3 Å². The highest BCUT2D eigenvalue weighted by molar-refractivity contribution is 7.12. The monoisotopic (exact) mass is 477 g/mol. The molecule has 3 aromatic rings. The molecule has 2 amide bonds. The topological polar surface area (TPSA) is 61.9 Å². The minimum atomic E-state index is -0.0689. The Labute approximate surface area is 205 Å². The average Bonchev–Trinajstić information content (AvgIpc) is 3.53. The zero-order chi connectivity index (χ0) is 23.9. The zero-order valence-corrected chi connectivity index (χ0v) is 20.5. The van der Waals surface area contributed by atoms with Crippen LogP contribution >= 0.6 is 11.3 Å². The highest BCUT2D eigenvalue weighted by Gasteiger charge is 2.25. The lowest BCUT2D eigenvalue weighted by atomic mass is 10.1. The van der Waals surface area contributed by atoms with Crippen LogP contribution in [-0.4, -0.2) is 50.1 Å². The van der Waals surface area contributed by atoms with Gasteiger partial charge in [-0.05, 0) is 53.6 Å². The number of rotatable bonds is 9. The maximum atomic E-state index is 13.3. The largest absolute Gasteiger partial charge is 0.377 e. The minimum absolute atomic E-state index is 0.00808. The molecule has 7 heteroatoms. The Morgan fingerprint density at radius 2 is 1.91 bits per heavy atom. The van der Waals surface area contributed by atoms with Gasteiger partial charge in [0.05, 0.1) is 17.4 Å². The third-order valence-electron chi connectivity index (χ3n) is 5.88. The van der Waals surface area contributed by atoms with Gasteiger partial charge in [-0.1, -0.05) is 36.4 Å². The summed E-state index contributed by atoms with van der Waals surface area (Å²) in [6.07, 6.45) is 2.36. The summed E-state index contributed by atoms with van der Waals surface area (Å²) in [4.78, 5) is 30.6. The molecule has 4 rings (SSSR count). The highest BCUT2D eigenvalue weighted by atomic mass is 32.1. The third-order valence-corrected chi connectivity index (χ3v) is 6.74. The maximum absolute atomic E-state index is 13.3. The van der Waals surface area contributed by atoms with E-state index in [1.807, 2.05) is 89.9 Å². The van der Waals surface area contributed by atoms with Crippen LogP contribution in [0.4, 0.5) is 11.4 Å². The first-order valence-corrected chi connectivity index (χ1v) is 12.5. The van der Waals surface area contributed by atoms with Crippen molar-refractivity contribution in [2.24, 2.45) is 0 Å². The van der Waals surface area contributed by atoms with Gasteiger partial charge in [-0.3, -0.25) is 9.59 Å². The molecule has 2 heterocycles. The molecule has 0 radical (unpaired) electrons. The Balaban J connectivity index is 1.55. The van der Waals surface area contributed by atoms with Gasteiger partial charge in [0.25, 0.3) is 5.91 Å². The molecule has 1 N–H and O–H groups in total. The Hall–Kier alpha value is -3.16. The summed E-state index contributed by atoms with van der Waals surface area (Å²) in [6.45, 7) is 1.73. The Kier molecular flexibility index (Phi) is 7.98. The number of amides is 2. The van der Waals surface area contributed by atoms with Crippen LogP contribution in [0.2, 0.25) is 0 Å². The molecule has 0 unspecified atom stereocenters. The van der Waals surface area contributed by atoms with Crippen LogP contribution in [0.25, 0.3) is 0 Å². The molecule has 0 saturated carbocycles. The van der Waals surface area contributed by atoms with Crippen molar-refractivity contribution < 1.29 is 14.3 Å². The summed E-state index contributed by atoms with van der Waals surface area (Å²) in [7, 11) is 3.97. The van der Waals surface area contributed by atoms with Crippen molar-refractivity contribution in [2.75, 3.05) is 37.5 Å². The van der Waals surface area contributed by atoms with Gasteiger partial charge in [-0.15, -0.1) is 11.3 Å². The standard InChI is InChI=1S/C27H31N3O3S/c1-29(2)24-13-12-22(28-26(31)16-20-8-4-3-5-9-20)17-21(24)18-30(19-23-10-6-14-33-23)27(32)25-11-7-15-34-25/h3-5,7-9,11-13,15,17,23H,6,10,14,16,18-19H2,1-2H3,(H,28,31)/t23-/m0/s1. The predicted molar refractivity (Wildman–Crippen MR) is 138 cm³/mol. The van der Waals surface area contributed by atoms with E-state index in [4.69, 9.17) is 4.74 Å². The van der Waals surface area contributed by atoms with Crippen LogP contribution in [0.1, 0.15) is 33.6 Å². The summed E-state index contributed by atoms with van der Waals surface area (Å²) in [6, 6.07) is 19.3. The van der Waals surface area contributed by atoms with Crippen molar-refractivity contribution in [2.45, 2.75) is 31.9 Å². The normalized spacial score (nSPS) is 15.2. The second-order valence-electron chi connectivity index (χ2n) is 8.75. The van der Waals surface area contributed by atoms with Crippen molar-refractivity contribution in [1.29, 1.82) is 0 Å². The third kappa shape index (κ3) is 6.24. The van der Waals surface area contributed by atoms with E-state index < -0.39 is 0 Å². The molecule has 6 nitrogen and oxygen atoms in total. The van der Waals surface area contributed by atoms with E-state index in [1.54, 1.807) is 0 Å². The Morgan fingerprint density at radius 3 is 2.59 bits per heavy atom. The van der Waals surface area contributed by atoms with Gasteiger partial charge in [0.15, 0.2) is 0 Å². The number of nitrogens with zero attached hydrogens (tertiary/aromatic N) is 2. The number of ether oxygens (including phenoxy) is 1. The van der Waals surface area contributed by atoms with E-state index >= 15 is 0 Å². The quantitative estimate of drug-likeness (QED) is 0.480. The number of nitrogens with one attached hydrogen (secondary N) is 1. The van der Waals surface area contributed by atoms with E-state index in [2.05, 4.69) is 5.32 Å². The molecule has 0 bridgehead atoms. The zero-order valence-electron chi connectivity index (χ0n) is 19.7. The molecule has 178 valence electrons. The first-order valence-electron chi connectivity index (χ1n) is 11.6. The molecule has 1 saturated heterocycles. The van der Waals surface area contributed by atoms with E-state index in [9.17, 15) is 9.59 Å². The summed E-state index contributed by atoms with van der Waals surface area (Å²) >= 11 is 1.45. The fraction of sp³-hybridized carbons (Fsp3) is 0.333. The van der Waals surface area contributed by atoms with Gasteiger partial charge in [0.2, 0.25) is 5.91 Å². The molecule has 1 atom stereocenters. The van der Waals surface area contributed by atoms with Gasteiger partial charge in [-0.25, -0.2) is 0 Å². The van der Waals surface area contributed by atoms with Crippen LogP contribution in [0.5, 0.6) is 0 Å². The predicted octanol–water partition coefficient (Wildman–Crippen LogP) is 4.82.